The van der Waals surface area contributed by atoms with Crippen LogP contribution in [0, 0.1) is 5.92 Å². The van der Waals surface area contributed by atoms with Crippen LogP contribution in [0.2, 0.25) is 0 Å². The second-order valence-electron chi connectivity index (χ2n) is 5.55. The van der Waals surface area contributed by atoms with Crippen LogP contribution in [0.15, 0.2) is 11.1 Å². The van der Waals surface area contributed by atoms with Crippen molar-refractivity contribution in [3.05, 3.63) is 6.20 Å². The fraction of sp³-hybridized carbons (Fsp3) is 0.769. The predicted molar refractivity (Wildman–Crippen MR) is 80.7 cm³/mol. The number of anilines is 1. The molecule has 1 aromatic rings. The summed E-state index contributed by atoms with van der Waals surface area (Å²) >= 11 is 0. The Kier molecular flexibility index (Phi) is 6.48. The normalized spacial score (nSPS) is 12.2. The van der Waals surface area contributed by atoms with E-state index < -0.39 is 10.0 Å². The summed E-state index contributed by atoms with van der Waals surface area (Å²) in [6.45, 7) is 4.87. The quantitative estimate of drug-likeness (QED) is 0.682. The van der Waals surface area contributed by atoms with E-state index in [4.69, 9.17) is 5.73 Å². The zero-order valence-electron chi connectivity index (χ0n) is 12.6. The molecule has 0 aliphatic heterocycles. The van der Waals surface area contributed by atoms with Crippen LogP contribution in [0.25, 0.3) is 0 Å². The molecular formula is C13H26N4O2S. The number of unbranched alkanes of at least 4 members (excludes halogenated alkanes) is 3. The summed E-state index contributed by atoms with van der Waals surface area (Å²) in [7, 11) is -1.89. The first-order chi connectivity index (χ1) is 9.33. The van der Waals surface area contributed by atoms with Gasteiger partial charge >= 0.3 is 0 Å². The van der Waals surface area contributed by atoms with Crippen LogP contribution in [0.1, 0.15) is 46.0 Å². The van der Waals surface area contributed by atoms with E-state index in [0.29, 0.717) is 6.54 Å². The van der Waals surface area contributed by atoms with E-state index in [1.807, 2.05) is 0 Å². The Morgan fingerprint density at radius 1 is 1.30 bits per heavy atom. The van der Waals surface area contributed by atoms with Gasteiger partial charge in [0, 0.05) is 19.8 Å². The van der Waals surface area contributed by atoms with E-state index >= 15 is 0 Å². The summed E-state index contributed by atoms with van der Waals surface area (Å²) in [6, 6.07) is 0. The molecule has 1 aromatic heterocycles. The minimum atomic E-state index is -3.53. The van der Waals surface area contributed by atoms with Gasteiger partial charge in [0.1, 0.15) is 4.90 Å². The fourth-order valence-electron chi connectivity index (χ4n) is 2.01. The Labute approximate surface area is 121 Å². The molecule has 116 valence electrons. The number of nitrogens with two attached hydrogens (primary N) is 1. The van der Waals surface area contributed by atoms with E-state index in [1.165, 1.54) is 23.7 Å². The minimum absolute atomic E-state index is 0.0388. The lowest BCUT2D eigenvalue weighted by atomic mass is 10.0. The molecule has 0 amide bonds. The second-order valence-corrected chi connectivity index (χ2v) is 7.28. The summed E-state index contributed by atoms with van der Waals surface area (Å²) in [4.78, 5) is 0.0554. The maximum absolute atomic E-state index is 12.0. The molecule has 1 rings (SSSR count). The number of rotatable bonds is 9. The molecule has 0 spiro atoms. The molecule has 0 aliphatic rings. The molecule has 3 N–H and O–H groups in total. The zero-order chi connectivity index (χ0) is 15.2. The van der Waals surface area contributed by atoms with E-state index in [0.717, 1.165) is 25.2 Å². The van der Waals surface area contributed by atoms with Gasteiger partial charge in [-0.15, -0.1) is 0 Å². The van der Waals surface area contributed by atoms with Crippen LogP contribution in [0.5, 0.6) is 0 Å². The summed E-state index contributed by atoms with van der Waals surface area (Å²) in [5.74, 6) is 0.777. The molecule has 0 radical (unpaired) electrons. The Hall–Kier alpha value is -1.08. The van der Waals surface area contributed by atoms with Gasteiger partial charge in [-0.3, -0.25) is 4.68 Å². The first-order valence-electron chi connectivity index (χ1n) is 7.11. The minimum Gasteiger partial charge on any atom is -0.381 e. The summed E-state index contributed by atoms with van der Waals surface area (Å²) in [5.41, 5.74) is 5.57. The summed E-state index contributed by atoms with van der Waals surface area (Å²) in [5, 5.41) is 3.84. The van der Waals surface area contributed by atoms with Crippen molar-refractivity contribution in [1.29, 1.82) is 0 Å². The second kappa shape index (κ2) is 7.64. The van der Waals surface area contributed by atoms with Crippen molar-refractivity contribution in [2.45, 2.75) is 50.8 Å². The van der Waals surface area contributed by atoms with Gasteiger partial charge in [0.05, 0.1) is 0 Å². The number of nitrogens with zero attached hydrogens (tertiary/aromatic N) is 2. The Morgan fingerprint density at radius 2 is 1.95 bits per heavy atom. The van der Waals surface area contributed by atoms with Crippen LogP contribution < -0.4 is 10.5 Å². The molecule has 0 saturated carbocycles. The lowest BCUT2D eigenvalue weighted by molar-refractivity contribution is 0.517. The lowest BCUT2D eigenvalue weighted by Gasteiger charge is -2.06. The average Bonchev–Trinajstić information content (AvgIpc) is 2.67. The first-order valence-corrected chi connectivity index (χ1v) is 8.60. The van der Waals surface area contributed by atoms with Crippen molar-refractivity contribution in [3.8, 4) is 0 Å². The molecule has 6 nitrogen and oxygen atoms in total. The van der Waals surface area contributed by atoms with Crippen LogP contribution in [-0.2, 0) is 17.1 Å². The van der Waals surface area contributed by atoms with Gasteiger partial charge < -0.3 is 5.73 Å². The highest BCUT2D eigenvalue weighted by molar-refractivity contribution is 7.89. The van der Waals surface area contributed by atoms with Gasteiger partial charge in [0.15, 0.2) is 5.82 Å². The number of aryl methyl sites for hydroxylation is 1. The zero-order valence-corrected chi connectivity index (χ0v) is 13.4. The molecule has 0 fully saturated rings. The SMILES string of the molecule is CC(C)CCCCCCNS(=O)(=O)c1cn(C)nc1N. The summed E-state index contributed by atoms with van der Waals surface area (Å²) < 4.78 is 28.0. The molecule has 0 bridgehead atoms. The fourth-order valence-corrected chi connectivity index (χ4v) is 3.18. The van der Waals surface area contributed by atoms with Crippen LogP contribution in [0.4, 0.5) is 5.82 Å². The largest absolute Gasteiger partial charge is 0.381 e. The maximum atomic E-state index is 12.0. The number of aromatic nitrogens is 2. The van der Waals surface area contributed by atoms with E-state index in [2.05, 4.69) is 23.7 Å². The predicted octanol–water partition coefficient (Wildman–Crippen LogP) is 1.89. The van der Waals surface area contributed by atoms with Crippen molar-refractivity contribution in [2.75, 3.05) is 12.3 Å². The number of hydrogen-bond donors (Lipinski definition) is 2. The number of sulfonamides is 1. The Balaban J connectivity index is 2.29. The van der Waals surface area contributed by atoms with Crippen molar-refractivity contribution < 1.29 is 8.42 Å². The van der Waals surface area contributed by atoms with Crippen LogP contribution in [-0.4, -0.2) is 24.7 Å². The smallest absolute Gasteiger partial charge is 0.245 e. The van der Waals surface area contributed by atoms with Gasteiger partial charge in [-0.25, -0.2) is 13.1 Å². The highest BCUT2D eigenvalue weighted by Gasteiger charge is 2.19. The van der Waals surface area contributed by atoms with Crippen LogP contribution in [0.3, 0.4) is 0 Å². The van der Waals surface area contributed by atoms with Crippen molar-refractivity contribution in [3.63, 3.8) is 0 Å². The van der Waals surface area contributed by atoms with Gasteiger partial charge in [-0.2, -0.15) is 5.10 Å². The molecule has 0 aromatic carbocycles. The van der Waals surface area contributed by atoms with Gasteiger partial charge in [0.2, 0.25) is 10.0 Å². The maximum Gasteiger partial charge on any atom is 0.245 e. The van der Waals surface area contributed by atoms with Crippen LogP contribution >= 0.6 is 0 Å². The third-order valence-corrected chi connectivity index (χ3v) is 4.59. The van der Waals surface area contributed by atoms with Gasteiger partial charge in [0.25, 0.3) is 0 Å². The first kappa shape index (κ1) is 17.0. The van der Waals surface area contributed by atoms with E-state index in [9.17, 15) is 8.42 Å². The van der Waals surface area contributed by atoms with Gasteiger partial charge in [-0.05, 0) is 12.3 Å². The molecule has 0 saturated heterocycles. The monoisotopic (exact) mass is 302 g/mol. The number of hydrogen-bond acceptors (Lipinski definition) is 4. The third-order valence-electron chi connectivity index (χ3n) is 3.11. The topological polar surface area (TPSA) is 90.0 Å². The number of nitrogens with one attached hydrogen (secondary N) is 1. The highest BCUT2D eigenvalue weighted by Crippen LogP contribution is 2.15. The molecule has 20 heavy (non-hydrogen) atoms. The Bertz CT molecular complexity index is 508. The molecule has 1 heterocycles. The Morgan fingerprint density at radius 3 is 2.50 bits per heavy atom. The lowest BCUT2D eigenvalue weighted by Crippen LogP contribution is -2.25. The summed E-state index contributed by atoms with van der Waals surface area (Å²) in [6.07, 6.45) is 6.89. The molecule has 0 unspecified atom stereocenters. The van der Waals surface area contributed by atoms with E-state index in [1.54, 1.807) is 7.05 Å². The third kappa shape index (κ3) is 5.50. The van der Waals surface area contributed by atoms with Gasteiger partial charge in [-0.1, -0.05) is 39.5 Å². The highest BCUT2D eigenvalue weighted by atomic mass is 32.2. The average molecular weight is 302 g/mol. The van der Waals surface area contributed by atoms with Crippen molar-refractivity contribution >= 4 is 15.8 Å². The van der Waals surface area contributed by atoms with Crippen molar-refractivity contribution in [2.24, 2.45) is 13.0 Å². The number of nitrogen functional groups attached to an aromatic ring is 1. The molecule has 0 aliphatic carbocycles. The van der Waals surface area contributed by atoms with E-state index in [-0.39, 0.29) is 10.7 Å². The standard InChI is InChI=1S/C13H26N4O2S/c1-11(2)8-6-4-5-7-9-15-20(18,19)12-10-17(3)16-13(12)14/h10-11,15H,4-9H2,1-3H3,(H2,14,16). The molecule has 7 heteroatoms. The molecule has 0 atom stereocenters. The van der Waals surface area contributed by atoms with Crippen molar-refractivity contribution in [1.82, 2.24) is 14.5 Å². The molecular weight excluding hydrogens is 276 g/mol.